The maximum Gasteiger partial charge on any atom is 0.321 e. The molecule has 2 aromatic rings. The lowest BCUT2D eigenvalue weighted by atomic mass is 10.1. The van der Waals surface area contributed by atoms with Gasteiger partial charge in [-0.2, -0.15) is 0 Å². The van der Waals surface area contributed by atoms with E-state index >= 15 is 0 Å². The van der Waals surface area contributed by atoms with Crippen LogP contribution in [0.15, 0.2) is 36.4 Å². The molecule has 0 saturated heterocycles. The van der Waals surface area contributed by atoms with E-state index in [2.05, 4.69) is 10.6 Å². The largest absolute Gasteiger partial charge is 0.508 e. The van der Waals surface area contributed by atoms with E-state index in [0.717, 1.165) is 11.1 Å². The summed E-state index contributed by atoms with van der Waals surface area (Å²) in [5.74, 6) is 0.880. The van der Waals surface area contributed by atoms with Gasteiger partial charge in [0, 0.05) is 5.69 Å². The molecular weight excluding hydrogens is 280 g/mol. The van der Waals surface area contributed by atoms with Crippen LogP contribution in [0, 0.1) is 20.8 Å². The molecular formula is C17H20N2O3. The van der Waals surface area contributed by atoms with Crippen molar-refractivity contribution >= 4 is 11.7 Å². The average Bonchev–Trinajstić information content (AvgIpc) is 2.46. The minimum atomic E-state index is -0.363. The van der Waals surface area contributed by atoms with E-state index in [1.807, 2.05) is 32.0 Å². The van der Waals surface area contributed by atoms with E-state index in [-0.39, 0.29) is 18.5 Å². The molecule has 0 fully saturated rings. The van der Waals surface area contributed by atoms with Gasteiger partial charge < -0.3 is 20.5 Å². The molecule has 0 saturated carbocycles. The summed E-state index contributed by atoms with van der Waals surface area (Å²) in [5, 5.41) is 14.7. The molecule has 0 aromatic heterocycles. The zero-order valence-corrected chi connectivity index (χ0v) is 12.9. The van der Waals surface area contributed by atoms with Gasteiger partial charge in [-0.15, -0.1) is 0 Å². The van der Waals surface area contributed by atoms with E-state index in [0.29, 0.717) is 11.4 Å². The number of phenolic OH excluding ortho intramolecular Hbond substituents is 1. The molecule has 0 spiro atoms. The van der Waals surface area contributed by atoms with Crippen LogP contribution in [0.5, 0.6) is 11.5 Å². The highest BCUT2D eigenvalue weighted by Crippen LogP contribution is 2.20. The summed E-state index contributed by atoms with van der Waals surface area (Å²) in [6.45, 7) is 5.92. The van der Waals surface area contributed by atoms with Gasteiger partial charge in [-0.05, 0) is 67.8 Å². The first-order valence-electron chi connectivity index (χ1n) is 7.00. The van der Waals surface area contributed by atoms with Crippen molar-refractivity contribution in [2.75, 3.05) is 12.0 Å². The molecule has 22 heavy (non-hydrogen) atoms. The number of phenols is 1. The Kier molecular flexibility index (Phi) is 4.88. The minimum Gasteiger partial charge on any atom is -0.508 e. The van der Waals surface area contributed by atoms with E-state index in [9.17, 15) is 9.90 Å². The van der Waals surface area contributed by atoms with Gasteiger partial charge in [0.05, 0.1) is 0 Å². The summed E-state index contributed by atoms with van der Waals surface area (Å²) in [5.41, 5.74) is 3.76. The third kappa shape index (κ3) is 4.15. The molecule has 0 atom stereocenters. The number of rotatable bonds is 4. The van der Waals surface area contributed by atoms with Crippen LogP contribution in [0.1, 0.15) is 16.7 Å². The monoisotopic (exact) mass is 300 g/mol. The van der Waals surface area contributed by atoms with Crippen LogP contribution in [-0.2, 0) is 0 Å². The van der Waals surface area contributed by atoms with Crippen LogP contribution >= 0.6 is 0 Å². The van der Waals surface area contributed by atoms with E-state index < -0.39 is 0 Å². The Balaban J connectivity index is 1.83. The number of nitrogens with one attached hydrogen (secondary N) is 2. The van der Waals surface area contributed by atoms with Crippen molar-refractivity contribution in [3.05, 3.63) is 53.1 Å². The smallest absolute Gasteiger partial charge is 0.321 e. The maximum absolute atomic E-state index is 11.8. The molecule has 0 heterocycles. The predicted molar refractivity (Wildman–Crippen MR) is 86.4 cm³/mol. The number of amides is 2. The molecule has 0 radical (unpaired) electrons. The first kappa shape index (κ1) is 15.7. The van der Waals surface area contributed by atoms with Gasteiger partial charge in [0.25, 0.3) is 0 Å². The van der Waals surface area contributed by atoms with Crippen molar-refractivity contribution in [1.29, 1.82) is 0 Å². The molecule has 0 aliphatic rings. The fourth-order valence-corrected chi connectivity index (χ4v) is 1.94. The molecule has 5 heteroatoms. The quantitative estimate of drug-likeness (QED) is 0.598. The number of carbonyl (C=O) groups is 1. The number of benzene rings is 2. The summed E-state index contributed by atoms with van der Waals surface area (Å²) in [7, 11) is 0. The van der Waals surface area contributed by atoms with E-state index in [1.54, 1.807) is 19.1 Å². The van der Waals surface area contributed by atoms with Crippen molar-refractivity contribution in [2.45, 2.75) is 20.8 Å². The Morgan fingerprint density at radius 2 is 1.82 bits per heavy atom. The Morgan fingerprint density at radius 1 is 1.05 bits per heavy atom. The Labute approximate surface area is 129 Å². The van der Waals surface area contributed by atoms with Gasteiger partial charge in [0.1, 0.15) is 11.5 Å². The average molecular weight is 300 g/mol. The maximum atomic E-state index is 11.8. The number of anilines is 1. The zero-order valence-electron chi connectivity index (χ0n) is 12.9. The standard InChI is InChI=1S/C17H20N2O3/c1-11-4-6-15(9-12(11)2)22-10-18-17(21)19-16-7-5-14(20)8-13(16)3/h4-9,20H,10H2,1-3H3,(H2,18,19,21). The van der Waals surface area contributed by atoms with Gasteiger partial charge >= 0.3 is 6.03 Å². The third-order valence-corrected chi connectivity index (χ3v) is 3.41. The highest BCUT2D eigenvalue weighted by molar-refractivity contribution is 5.90. The third-order valence-electron chi connectivity index (χ3n) is 3.41. The number of aryl methyl sites for hydroxylation is 3. The van der Waals surface area contributed by atoms with Crippen LogP contribution in [-0.4, -0.2) is 17.9 Å². The van der Waals surface area contributed by atoms with Crippen molar-refractivity contribution in [3.63, 3.8) is 0 Å². The van der Waals surface area contributed by atoms with Crippen molar-refractivity contribution in [2.24, 2.45) is 0 Å². The van der Waals surface area contributed by atoms with Crippen molar-refractivity contribution in [1.82, 2.24) is 5.32 Å². The Hall–Kier alpha value is -2.69. The number of ether oxygens (including phenoxy) is 1. The van der Waals surface area contributed by atoms with Crippen LogP contribution < -0.4 is 15.4 Å². The van der Waals surface area contributed by atoms with Gasteiger partial charge in [-0.1, -0.05) is 6.07 Å². The van der Waals surface area contributed by atoms with Gasteiger partial charge in [0.15, 0.2) is 6.73 Å². The molecule has 0 aliphatic carbocycles. The van der Waals surface area contributed by atoms with Crippen LogP contribution in [0.25, 0.3) is 0 Å². The minimum absolute atomic E-state index is 0.0749. The Morgan fingerprint density at radius 3 is 2.50 bits per heavy atom. The number of hydrogen-bond acceptors (Lipinski definition) is 3. The SMILES string of the molecule is Cc1ccc(OCNC(=O)Nc2ccc(O)cc2C)cc1C. The second-order valence-electron chi connectivity index (χ2n) is 5.16. The van der Waals surface area contributed by atoms with E-state index in [1.165, 1.54) is 11.6 Å². The molecule has 5 nitrogen and oxygen atoms in total. The van der Waals surface area contributed by atoms with Crippen molar-refractivity contribution < 1.29 is 14.6 Å². The number of urea groups is 1. The first-order valence-corrected chi connectivity index (χ1v) is 7.00. The molecule has 3 N–H and O–H groups in total. The summed E-state index contributed by atoms with van der Waals surface area (Å²) in [4.78, 5) is 11.8. The normalized spacial score (nSPS) is 10.1. The molecule has 2 amide bonds. The fourth-order valence-electron chi connectivity index (χ4n) is 1.94. The zero-order chi connectivity index (χ0) is 16.1. The molecule has 0 bridgehead atoms. The van der Waals surface area contributed by atoms with Crippen LogP contribution in [0.3, 0.4) is 0 Å². The summed E-state index contributed by atoms with van der Waals surface area (Å²) < 4.78 is 5.49. The molecule has 2 rings (SSSR count). The summed E-state index contributed by atoms with van der Waals surface area (Å²) in [6, 6.07) is 10.2. The van der Waals surface area contributed by atoms with Crippen LogP contribution in [0.2, 0.25) is 0 Å². The first-order chi connectivity index (χ1) is 10.5. The van der Waals surface area contributed by atoms with Crippen molar-refractivity contribution in [3.8, 4) is 11.5 Å². The topological polar surface area (TPSA) is 70.6 Å². The van der Waals surface area contributed by atoms with Gasteiger partial charge in [0.2, 0.25) is 0 Å². The van der Waals surface area contributed by atoms with Crippen LogP contribution in [0.4, 0.5) is 10.5 Å². The number of carbonyl (C=O) groups excluding carboxylic acids is 1. The second kappa shape index (κ2) is 6.85. The number of hydrogen-bond donors (Lipinski definition) is 3. The lowest BCUT2D eigenvalue weighted by molar-refractivity contribution is 0.234. The molecule has 0 aliphatic heterocycles. The highest BCUT2D eigenvalue weighted by atomic mass is 16.5. The lowest BCUT2D eigenvalue weighted by Crippen LogP contribution is -2.32. The molecule has 0 unspecified atom stereocenters. The fraction of sp³-hybridized carbons (Fsp3) is 0.235. The second-order valence-corrected chi connectivity index (χ2v) is 5.16. The predicted octanol–water partition coefficient (Wildman–Crippen LogP) is 3.48. The Bertz CT molecular complexity index is 684. The van der Waals surface area contributed by atoms with Gasteiger partial charge in [-0.3, -0.25) is 0 Å². The van der Waals surface area contributed by atoms with E-state index in [4.69, 9.17) is 4.74 Å². The summed E-state index contributed by atoms with van der Waals surface area (Å²) >= 11 is 0. The highest BCUT2D eigenvalue weighted by Gasteiger charge is 2.05. The molecule has 2 aromatic carbocycles. The number of aromatic hydroxyl groups is 1. The summed E-state index contributed by atoms with van der Waals surface area (Å²) in [6.07, 6.45) is 0. The lowest BCUT2D eigenvalue weighted by Gasteiger charge is -2.12. The van der Waals surface area contributed by atoms with Gasteiger partial charge in [-0.25, -0.2) is 4.79 Å². The molecule has 116 valence electrons.